The van der Waals surface area contributed by atoms with E-state index in [4.69, 9.17) is 0 Å². The average molecular weight is 277 g/mol. The van der Waals surface area contributed by atoms with E-state index in [1.54, 1.807) is 12.1 Å². The fourth-order valence-corrected chi connectivity index (χ4v) is 2.70. The second-order valence-electron chi connectivity index (χ2n) is 5.92. The van der Waals surface area contributed by atoms with Gasteiger partial charge in [-0.2, -0.15) is 0 Å². The smallest absolute Gasteiger partial charge is 0.123 e. The lowest BCUT2D eigenvalue weighted by molar-refractivity contribution is 0.0620. The van der Waals surface area contributed by atoms with Gasteiger partial charge in [0.05, 0.1) is 6.10 Å². The molecule has 20 heavy (non-hydrogen) atoms. The Morgan fingerprint density at radius 2 is 1.90 bits per heavy atom. The number of rotatable bonds is 4. The Morgan fingerprint density at radius 3 is 2.45 bits per heavy atom. The normalized spacial score (nSPS) is 18.8. The maximum absolute atomic E-state index is 12.9. The number of nitrogens with zero attached hydrogens (tertiary/aromatic N) is 1. The van der Waals surface area contributed by atoms with Crippen LogP contribution in [0, 0.1) is 11.7 Å². The second kappa shape index (κ2) is 7.00. The Bertz CT molecular complexity index is 443. The van der Waals surface area contributed by atoms with Crippen molar-refractivity contribution >= 4 is 0 Å². The molecule has 1 aromatic rings. The molecule has 0 aliphatic carbocycles. The molecule has 1 N–H and O–H groups in total. The molecule has 3 heteroatoms. The molecule has 1 atom stereocenters. The summed E-state index contributed by atoms with van der Waals surface area (Å²) in [6.07, 6.45) is 3.77. The molecule has 1 heterocycles. The van der Waals surface area contributed by atoms with E-state index < -0.39 is 6.10 Å². The number of aliphatic hydroxyl groups is 1. The second-order valence-corrected chi connectivity index (χ2v) is 5.92. The Kier molecular flexibility index (Phi) is 5.32. The van der Waals surface area contributed by atoms with Crippen molar-refractivity contribution in [1.29, 1.82) is 0 Å². The van der Waals surface area contributed by atoms with Crippen LogP contribution < -0.4 is 0 Å². The van der Waals surface area contributed by atoms with Crippen molar-refractivity contribution in [2.45, 2.75) is 32.8 Å². The molecule has 0 radical (unpaired) electrons. The molecular weight excluding hydrogens is 253 g/mol. The number of hydrogen-bond acceptors (Lipinski definition) is 2. The number of aliphatic hydroxyl groups excluding tert-OH is 1. The van der Waals surface area contributed by atoms with Crippen molar-refractivity contribution in [3.8, 4) is 0 Å². The third-order valence-corrected chi connectivity index (χ3v) is 4.05. The van der Waals surface area contributed by atoms with Gasteiger partial charge < -0.3 is 5.11 Å². The van der Waals surface area contributed by atoms with Gasteiger partial charge in [0.2, 0.25) is 0 Å². The Hall–Kier alpha value is -1.19. The highest BCUT2D eigenvalue weighted by Gasteiger charge is 2.25. The minimum absolute atomic E-state index is 0.252. The van der Waals surface area contributed by atoms with Crippen LogP contribution in [0.5, 0.6) is 0 Å². The first kappa shape index (κ1) is 15.2. The molecule has 110 valence electrons. The van der Waals surface area contributed by atoms with Gasteiger partial charge in [0.15, 0.2) is 0 Å². The van der Waals surface area contributed by atoms with Crippen LogP contribution in [-0.2, 0) is 0 Å². The number of piperidine rings is 1. The molecule has 0 spiro atoms. The molecule has 1 fully saturated rings. The van der Waals surface area contributed by atoms with Gasteiger partial charge in [0.1, 0.15) is 5.82 Å². The van der Waals surface area contributed by atoms with Gasteiger partial charge in [-0.1, -0.05) is 23.8 Å². The standard InChI is InChI=1S/C17H24FNO/c1-13(2)7-10-19-11-8-15(9-12-19)17(20)14-3-5-16(18)6-4-14/h3-7,15,17,20H,8-12H2,1-2H3. The van der Waals surface area contributed by atoms with E-state index in [2.05, 4.69) is 24.8 Å². The fourth-order valence-electron chi connectivity index (χ4n) is 2.70. The molecular formula is C17H24FNO. The number of hydrogen-bond donors (Lipinski definition) is 1. The first-order valence-corrected chi connectivity index (χ1v) is 7.35. The van der Waals surface area contributed by atoms with E-state index in [0.717, 1.165) is 38.0 Å². The summed E-state index contributed by atoms with van der Waals surface area (Å²) in [6.45, 7) is 7.27. The topological polar surface area (TPSA) is 23.5 Å². The first-order chi connectivity index (χ1) is 9.56. The highest BCUT2D eigenvalue weighted by molar-refractivity contribution is 5.19. The number of likely N-dealkylation sites (tertiary alicyclic amines) is 1. The summed E-state index contributed by atoms with van der Waals surface area (Å²) in [5, 5.41) is 10.4. The van der Waals surface area contributed by atoms with Crippen molar-refractivity contribution < 1.29 is 9.50 Å². The van der Waals surface area contributed by atoms with E-state index in [-0.39, 0.29) is 11.7 Å². The SMILES string of the molecule is CC(C)=CCN1CCC(C(O)c2ccc(F)cc2)CC1. The largest absolute Gasteiger partial charge is 0.388 e. The van der Waals surface area contributed by atoms with E-state index in [1.807, 2.05) is 0 Å². The molecule has 1 aromatic carbocycles. The van der Waals surface area contributed by atoms with Gasteiger partial charge >= 0.3 is 0 Å². The van der Waals surface area contributed by atoms with Crippen molar-refractivity contribution in [3.05, 3.63) is 47.3 Å². The van der Waals surface area contributed by atoms with Crippen molar-refractivity contribution in [2.24, 2.45) is 5.92 Å². The van der Waals surface area contributed by atoms with E-state index >= 15 is 0 Å². The molecule has 1 unspecified atom stereocenters. The quantitative estimate of drug-likeness (QED) is 0.851. The van der Waals surface area contributed by atoms with Gasteiger partial charge in [-0.25, -0.2) is 4.39 Å². The molecule has 0 bridgehead atoms. The van der Waals surface area contributed by atoms with Crippen LogP contribution in [0.1, 0.15) is 38.4 Å². The summed E-state index contributed by atoms with van der Waals surface area (Å²) in [5.41, 5.74) is 2.17. The van der Waals surface area contributed by atoms with Crippen LogP contribution >= 0.6 is 0 Å². The fraction of sp³-hybridized carbons (Fsp3) is 0.529. The Labute approximate surface area is 120 Å². The Morgan fingerprint density at radius 1 is 1.30 bits per heavy atom. The van der Waals surface area contributed by atoms with Crippen LogP contribution in [0.4, 0.5) is 4.39 Å². The zero-order valence-corrected chi connectivity index (χ0v) is 12.3. The third-order valence-electron chi connectivity index (χ3n) is 4.05. The third kappa shape index (κ3) is 4.15. The van der Waals surface area contributed by atoms with Crippen LogP contribution in [0.15, 0.2) is 35.9 Å². The lowest BCUT2D eigenvalue weighted by Crippen LogP contribution is -2.35. The highest BCUT2D eigenvalue weighted by Crippen LogP contribution is 2.30. The van der Waals surface area contributed by atoms with E-state index in [1.165, 1.54) is 17.7 Å². The molecule has 0 saturated carbocycles. The summed E-state index contributed by atoms with van der Waals surface area (Å²) < 4.78 is 12.9. The lowest BCUT2D eigenvalue weighted by atomic mass is 9.87. The Balaban J connectivity index is 1.87. The lowest BCUT2D eigenvalue weighted by Gasteiger charge is -2.33. The van der Waals surface area contributed by atoms with E-state index in [0.29, 0.717) is 0 Å². The number of benzene rings is 1. The summed E-state index contributed by atoms with van der Waals surface area (Å²) in [6, 6.07) is 6.22. The highest BCUT2D eigenvalue weighted by atomic mass is 19.1. The van der Waals surface area contributed by atoms with E-state index in [9.17, 15) is 9.50 Å². The van der Waals surface area contributed by atoms with Gasteiger partial charge in [-0.15, -0.1) is 0 Å². The molecule has 1 aliphatic rings. The van der Waals surface area contributed by atoms with Crippen LogP contribution in [0.25, 0.3) is 0 Å². The molecule has 0 amide bonds. The van der Waals surface area contributed by atoms with Crippen molar-refractivity contribution in [2.75, 3.05) is 19.6 Å². The zero-order chi connectivity index (χ0) is 14.5. The maximum Gasteiger partial charge on any atom is 0.123 e. The van der Waals surface area contributed by atoms with Gasteiger partial charge in [0.25, 0.3) is 0 Å². The molecule has 1 saturated heterocycles. The summed E-state index contributed by atoms with van der Waals surface area (Å²) in [4.78, 5) is 2.42. The van der Waals surface area contributed by atoms with Crippen molar-refractivity contribution in [3.63, 3.8) is 0 Å². The molecule has 0 aromatic heterocycles. The molecule has 2 nitrogen and oxygen atoms in total. The minimum Gasteiger partial charge on any atom is -0.388 e. The van der Waals surface area contributed by atoms with Crippen LogP contribution in [0.3, 0.4) is 0 Å². The summed E-state index contributed by atoms with van der Waals surface area (Å²) in [7, 11) is 0. The van der Waals surface area contributed by atoms with Gasteiger partial charge in [0, 0.05) is 6.54 Å². The van der Waals surface area contributed by atoms with Gasteiger partial charge in [-0.3, -0.25) is 4.90 Å². The number of halogens is 1. The predicted octanol–water partition coefficient (Wildman–Crippen LogP) is 3.54. The average Bonchev–Trinajstić information content (AvgIpc) is 2.46. The zero-order valence-electron chi connectivity index (χ0n) is 12.3. The molecule has 2 rings (SSSR count). The molecule has 1 aliphatic heterocycles. The monoisotopic (exact) mass is 277 g/mol. The predicted molar refractivity (Wildman–Crippen MR) is 80.0 cm³/mol. The van der Waals surface area contributed by atoms with Crippen LogP contribution in [0.2, 0.25) is 0 Å². The maximum atomic E-state index is 12.9. The summed E-state index contributed by atoms with van der Waals surface area (Å²) in [5.74, 6) is 0.0286. The van der Waals surface area contributed by atoms with Crippen LogP contribution in [-0.4, -0.2) is 29.6 Å². The van der Waals surface area contributed by atoms with Crippen molar-refractivity contribution in [1.82, 2.24) is 4.90 Å². The summed E-state index contributed by atoms with van der Waals surface area (Å²) >= 11 is 0. The first-order valence-electron chi connectivity index (χ1n) is 7.35. The minimum atomic E-state index is -0.471. The number of allylic oxidation sites excluding steroid dienone is 1. The van der Waals surface area contributed by atoms with Gasteiger partial charge in [-0.05, 0) is 63.4 Å².